The van der Waals surface area contributed by atoms with E-state index in [0.717, 1.165) is 12.8 Å². The summed E-state index contributed by atoms with van der Waals surface area (Å²) in [6.07, 6.45) is 5.00. The van der Waals surface area contributed by atoms with Crippen molar-refractivity contribution in [3.05, 3.63) is 47.2 Å². The van der Waals surface area contributed by atoms with Gasteiger partial charge < -0.3 is 15.0 Å². The average Bonchev–Trinajstić information content (AvgIpc) is 2.68. The van der Waals surface area contributed by atoms with E-state index in [4.69, 9.17) is 16.3 Å². The maximum absolute atomic E-state index is 13.2. The van der Waals surface area contributed by atoms with E-state index in [1.165, 1.54) is 12.4 Å². The van der Waals surface area contributed by atoms with Crippen LogP contribution in [-0.4, -0.2) is 46.8 Å². The number of halogens is 2. The minimum Gasteiger partial charge on any atom is -0.462 e. The molecule has 8 heteroatoms. The summed E-state index contributed by atoms with van der Waals surface area (Å²) in [7, 11) is 0. The van der Waals surface area contributed by atoms with Gasteiger partial charge in [0.05, 0.1) is 29.0 Å². The number of carbonyl (C=O) groups is 1. The van der Waals surface area contributed by atoms with Crippen molar-refractivity contribution in [2.24, 2.45) is 5.92 Å². The van der Waals surface area contributed by atoms with Gasteiger partial charge >= 0.3 is 0 Å². The molecule has 1 aliphatic heterocycles. The number of amides is 1. The molecule has 6 nitrogen and oxygen atoms in total. The van der Waals surface area contributed by atoms with E-state index < -0.39 is 6.86 Å². The molecule has 27 heavy (non-hydrogen) atoms. The summed E-state index contributed by atoms with van der Waals surface area (Å²) in [5.41, 5.74) is 0.372. The fraction of sp³-hybridized carbons (Fsp3) is 0.421. The molecule has 1 N–H and O–H groups in total. The number of nitrogens with one attached hydrogen (secondary N) is 1. The lowest BCUT2D eigenvalue weighted by molar-refractivity contribution is 0.0533. The van der Waals surface area contributed by atoms with E-state index in [0.29, 0.717) is 35.5 Å². The van der Waals surface area contributed by atoms with E-state index in [1.807, 2.05) is 4.90 Å². The van der Waals surface area contributed by atoms with E-state index >= 15 is 0 Å². The van der Waals surface area contributed by atoms with Crippen molar-refractivity contribution in [3.8, 4) is 5.75 Å². The van der Waals surface area contributed by atoms with Crippen LogP contribution in [0.5, 0.6) is 5.75 Å². The zero-order valence-corrected chi connectivity index (χ0v) is 15.8. The number of rotatable bonds is 6. The Bertz CT molecular complexity index is 775. The van der Waals surface area contributed by atoms with Crippen molar-refractivity contribution in [1.82, 2.24) is 14.9 Å². The number of likely N-dealkylation sites (tertiary alicyclic amines) is 1. The van der Waals surface area contributed by atoms with Gasteiger partial charge in [-0.05, 0) is 30.9 Å². The second kappa shape index (κ2) is 8.99. The van der Waals surface area contributed by atoms with Crippen LogP contribution in [-0.2, 0) is 0 Å². The lowest BCUT2D eigenvalue weighted by Crippen LogP contribution is -2.51. The van der Waals surface area contributed by atoms with Crippen molar-refractivity contribution in [1.29, 1.82) is 0 Å². The molecule has 2 atom stereocenters. The SMILES string of the molecule is C[C@@H]1CCCN(C(=O)c2ccccc2OCF)[C@@H]1CNc1ncc(Cl)cn1. The van der Waals surface area contributed by atoms with Crippen LogP contribution in [0.25, 0.3) is 0 Å². The first kappa shape index (κ1) is 19.4. The Balaban J connectivity index is 1.77. The lowest BCUT2D eigenvalue weighted by atomic mass is 9.90. The zero-order valence-electron chi connectivity index (χ0n) is 15.1. The van der Waals surface area contributed by atoms with Crippen LogP contribution in [0.2, 0.25) is 5.02 Å². The summed E-state index contributed by atoms with van der Waals surface area (Å²) >= 11 is 5.81. The standard InChI is InChI=1S/C19H22ClFN4O2/c1-13-5-4-8-25(16(13)11-24-19-22-9-14(20)10-23-19)18(26)15-6-2-3-7-17(15)27-12-21/h2-3,6-7,9-10,13,16H,4-5,8,11-12H2,1H3,(H,22,23,24)/t13-,16-/m1/s1. The van der Waals surface area contributed by atoms with Gasteiger partial charge in [-0.15, -0.1) is 0 Å². The third-order valence-electron chi connectivity index (χ3n) is 4.79. The molecule has 0 aliphatic carbocycles. The number of piperidine rings is 1. The van der Waals surface area contributed by atoms with Gasteiger partial charge in [0.25, 0.3) is 5.91 Å². The van der Waals surface area contributed by atoms with Crippen molar-refractivity contribution >= 4 is 23.5 Å². The largest absolute Gasteiger partial charge is 0.462 e. The second-order valence-corrected chi connectivity index (χ2v) is 6.98. The van der Waals surface area contributed by atoms with E-state index in [-0.39, 0.29) is 17.7 Å². The highest BCUT2D eigenvalue weighted by molar-refractivity contribution is 6.30. The molecule has 2 aromatic rings. The Kier molecular flexibility index (Phi) is 6.45. The van der Waals surface area contributed by atoms with E-state index in [1.54, 1.807) is 24.3 Å². The van der Waals surface area contributed by atoms with Crippen LogP contribution in [0.4, 0.5) is 10.3 Å². The first-order valence-corrected chi connectivity index (χ1v) is 9.28. The predicted octanol–water partition coefficient (Wildman–Crippen LogP) is 3.79. The highest BCUT2D eigenvalue weighted by atomic mass is 35.5. The minimum absolute atomic E-state index is 0.0380. The molecule has 1 aromatic heterocycles. The monoisotopic (exact) mass is 392 g/mol. The molecule has 1 amide bonds. The Morgan fingerprint density at radius 1 is 1.37 bits per heavy atom. The third kappa shape index (κ3) is 4.66. The number of hydrogen-bond acceptors (Lipinski definition) is 5. The van der Waals surface area contributed by atoms with E-state index in [2.05, 4.69) is 22.2 Å². The normalized spacial score (nSPS) is 19.6. The van der Waals surface area contributed by atoms with Crippen LogP contribution in [0.1, 0.15) is 30.1 Å². The molecule has 0 spiro atoms. The molecule has 0 bridgehead atoms. The highest BCUT2D eigenvalue weighted by Gasteiger charge is 2.33. The van der Waals surface area contributed by atoms with Gasteiger partial charge in [0.2, 0.25) is 12.8 Å². The van der Waals surface area contributed by atoms with Gasteiger partial charge in [-0.1, -0.05) is 30.7 Å². The topological polar surface area (TPSA) is 67.3 Å². The number of nitrogens with zero attached hydrogens (tertiary/aromatic N) is 3. The Morgan fingerprint density at radius 2 is 2.11 bits per heavy atom. The average molecular weight is 393 g/mol. The maximum Gasteiger partial charge on any atom is 0.257 e. The summed E-state index contributed by atoms with van der Waals surface area (Å²) in [6.45, 7) is 2.31. The summed E-state index contributed by atoms with van der Waals surface area (Å²) in [6, 6.07) is 6.70. The molecule has 0 unspecified atom stereocenters. The molecule has 0 radical (unpaired) electrons. The van der Waals surface area contributed by atoms with Crippen LogP contribution in [0, 0.1) is 5.92 Å². The van der Waals surface area contributed by atoms with E-state index in [9.17, 15) is 9.18 Å². The predicted molar refractivity (Wildman–Crippen MR) is 102 cm³/mol. The molecular formula is C19H22ClFN4O2. The van der Waals surface area contributed by atoms with Gasteiger partial charge in [-0.3, -0.25) is 4.79 Å². The summed E-state index contributed by atoms with van der Waals surface area (Å²) < 4.78 is 17.6. The number of para-hydroxylation sites is 1. The van der Waals surface area contributed by atoms with Gasteiger partial charge in [0.15, 0.2) is 0 Å². The molecule has 0 saturated carbocycles. The molecule has 1 aromatic carbocycles. The number of alkyl halides is 1. The molecular weight excluding hydrogens is 371 g/mol. The summed E-state index contributed by atoms with van der Waals surface area (Å²) in [5.74, 6) is 0.868. The summed E-state index contributed by atoms with van der Waals surface area (Å²) in [5, 5.41) is 3.65. The van der Waals surface area contributed by atoms with Crippen molar-refractivity contribution in [2.75, 3.05) is 25.3 Å². The fourth-order valence-corrected chi connectivity index (χ4v) is 3.49. The van der Waals surface area contributed by atoms with Crippen molar-refractivity contribution in [3.63, 3.8) is 0 Å². The van der Waals surface area contributed by atoms with Crippen LogP contribution in [0.15, 0.2) is 36.7 Å². The lowest BCUT2D eigenvalue weighted by Gasteiger charge is -2.40. The van der Waals surface area contributed by atoms with Crippen molar-refractivity contribution < 1.29 is 13.9 Å². The first-order valence-electron chi connectivity index (χ1n) is 8.90. The first-order chi connectivity index (χ1) is 13.1. The zero-order chi connectivity index (χ0) is 19.2. The third-order valence-corrected chi connectivity index (χ3v) is 4.99. The minimum atomic E-state index is -0.973. The molecule has 1 fully saturated rings. The quantitative estimate of drug-likeness (QED) is 0.810. The fourth-order valence-electron chi connectivity index (χ4n) is 3.39. The molecule has 2 heterocycles. The number of ether oxygens (including phenoxy) is 1. The Labute approximate surface area is 162 Å². The van der Waals surface area contributed by atoms with Crippen LogP contribution >= 0.6 is 11.6 Å². The Morgan fingerprint density at radius 3 is 2.85 bits per heavy atom. The maximum atomic E-state index is 13.2. The smallest absolute Gasteiger partial charge is 0.257 e. The Hall–Kier alpha value is -2.41. The van der Waals surface area contributed by atoms with Gasteiger partial charge in [-0.2, -0.15) is 0 Å². The van der Waals surface area contributed by atoms with Gasteiger partial charge in [0, 0.05) is 13.1 Å². The number of aromatic nitrogens is 2. The number of anilines is 1. The number of carbonyl (C=O) groups excluding carboxylic acids is 1. The number of hydrogen-bond donors (Lipinski definition) is 1. The second-order valence-electron chi connectivity index (χ2n) is 6.54. The summed E-state index contributed by atoms with van der Waals surface area (Å²) in [4.78, 5) is 23.3. The van der Waals surface area contributed by atoms with Gasteiger partial charge in [-0.25, -0.2) is 14.4 Å². The van der Waals surface area contributed by atoms with Crippen LogP contribution in [0.3, 0.4) is 0 Å². The van der Waals surface area contributed by atoms with Crippen molar-refractivity contribution in [2.45, 2.75) is 25.8 Å². The van der Waals surface area contributed by atoms with Crippen LogP contribution < -0.4 is 10.1 Å². The highest BCUT2D eigenvalue weighted by Crippen LogP contribution is 2.28. The molecule has 1 saturated heterocycles. The molecule has 3 rings (SSSR count). The number of benzene rings is 1. The molecule has 1 aliphatic rings. The molecule has 144 valence electrons. The van der Waals surface area contributed by atoms with Gasteiger partial charge in [0.1, 0.15) is 5.75 Å².